The molecule has 25 heavy (non-hydrogen) atoms. The van der Waals surface area contributed by atoms with E-state index in [1.165, 1.54) is 10.7 Å². The number of aromatic nitrogens is 2. The molecular weight excluding hydrogens is 322 g/mol. The minimum absolute atomic E-state index is 0.0504. The third-order valence-corrected chi connectivity index (χ3v) is 4.51. The third-order valence-electron chi connectivity index (χ3n) is 4.51. The van der Waals surface area contributed by atoms with Gasteiger partial charge in [0.1, 0.15) is 5.69 Å². The summed E-state index contributed by atoms with van der Waals surface area (Å²) in [5.41, 5.74) is 6.21. The Kier molecular flexibility index (Phi) is 5.08. The largest absolute Gasteiger partial charge is 0.337 e. The number of likely N-dealkylation sites (tertiary alicyclic amines) is 1. The van der Waals surface area contributed by atoms with Crippen LogP contribution in [-0.4, -0.2) is 45.1 Å². The predicted octanol–water partition coefficient (Wildman–Crippen LogP) is 1.98. The van der Waals surface area contributed by atoms with Crippen LogP contribution in [0.1, 0.15) is 29.8 Å². The molecule has 2 N–H and O–H groups in total. The number of nitro benzene ring substituents is 1. The predicted molar refractivity (Wildman–Crippen MR) is 92.5 cm³/mol. The second-order valence-electron chi connectivity index (χ2n) is 6.23. The Morgan fingerprint density at radius 3 is 2.92 bits per heavy atom. The van der Waals surface area contributed by atoms with Gasteiger partial charge in [0.05, 0.1) is 4.92 Å². The molecule has 0 spiro atoms. The van der Waals surface area contributed by atoms with Gasteiger partial charge in [-0.3, -0.25) is 14.9 Å². The molecule has 2 aromatic rings. The van der Waals surface area contributed by atoms with E-state index < -0.39 is 4.92 Å². The van der Waals surface area contributed by atoms with Gasteiger partial charge in [0, 0.05) is 25.4 Å². The van der Waals surface area contributed by atoms with Crippen LogP contribution >= 0.6 is 0 Å². The van der Waals surface area contributed by atoms with Crippen LogP contribution in [0.25, 0.3) is 5.69 Å². The van der Waals surface area contributed by atoms with Crippen molar-refractivity contribution in [3.63, 3.8) is 0 Å². The van der Waals surface area contributed by atoms with Crippen molar-refractivity contribution in [1.29, 1.82) is 0 Å². The average Bonchev–Trinajstić information content (AvgIpc) is 3.11. The van der Waals surface area contributed by atoms with Crippen LogP contribution in [0, 0.1) is 16.0 Å². The number of nitrogens with zero attached hydrogens (tertiary/aromatic N) is 4. The Balaban J connectivity index is 1.80. The molecule has 3 rings (SSSR count). The quantitative estimate of drug-likeness (QED) is 0.660. The summed E-state index contributed by atoms with van der Waals surface area (Å²) in [6, 6.07) is 7.93. The van der Waals surface area contributed by atoms with Crippen molar-refractivity contribution in [2.45, 2.75) is 19.3 Å². The first-order valence-corrected chi connectivity index (χ1v) is 8.39. The van der Waals surface area contributed by atoms with Crippen LogP contribution in [0.15, 0.2) is 36.5 Å². The number of carbonyl (C=O) groups is 1. The molecule has 1 aromatic heterocycles. The first-order valence-electron chi connectivity index (χ1n) is 8.39. The molecule has 1 amide bonds. The van der Waals surface area contributed by atoms with E-state index in [4.69, 9.17) is 5.73 Å². The van der Waals surface area contributed by atoms with E-state index in [0.717, 1.165) is 19.3 Å². The number of piperidine rings is 1. The number of carbonyl (C=O) groups excluding carboxylic acids is 1. The van der Waals surface area contributed by atoms with Crippen molar-refractivity contribution in [1.82, 2.24) is 14.7 Å². The minimum Gasteiger partial charge on any atom is -0.337 e. The topological polar surface area (TPSA) is 107 Å². The van der Waals surface area contributed by atoms with Crippen LogP contribution in [0.3, 0.4) is 0 Å². The van der Waals surface area contributed by atoms with Crippen LogP contribution in [0.4, 0.5) is 5.69 Å². The number of nitrogens with two attached hydrogens (primary N) is 1. The molecule has 0 bridgehead atoms. The molecule has 0 radical (unpaired) electrons. The lowest BCUT2D eigenvalue weighted by Crippen LogP contribution is -2.40. The molecule has 1 atom stereocenters. The fraction of sp³-hybridized carbons (Fsp3) is 0.412. The van der Waals surface area contributed by atoms with Gasteiger partial charge < -0.3 is 10.6 Å². The number of para-hydroxylation sites is 2. The monoisotopic (exact) mass is 343 g/mol. The lowest BCUT2D eigenvalue weighted by molar-refractivity contribution is -0.384. The van der Waals surface area contributed by atoms with E-state index in [1.807, 2.05) is 0 Å². The van der Waals surface area contributed by atoms with Crippen LogP contribution < -0.4 is 5.73 Å². The number of hydrogen-bond acceptors (Lipinski definition) is 5. The van der Waals surface area contributed by atoms with E-state index in [2.05, 4.69) is 5.10 Å². The lowest BCUT2D eigenvalue weighted by atomic mass is 9.95. The van der Waals surface area contributed by atoms with E-state index in [0.29, 0.717) is 36.9 Å². The third kappa shape index (κ3) is 3.69. The van der Waals surface area contributed by atoms with Crippen molar-refractivity contribution >= 4 is 11.6 Å². The number of amides is 1. The molecule has 1 aromatic carbocycles. The van der Waals surface area contributed by atoms with Crippen molar-refractivity contribution in [3.8, 4) is 5.69 Å². The van der Waals surface area contributed by atoms with Crippen molar-refractivity contribution < 1.29 is 9.72 Å². The van der Waals surface area contributed by atoms with Gasteiger partial charge in [-0.25, -0.2) is 4.68 Å². The highest BCUT2D eigenvalue weighted by Crippen LogP contribution is 2.23. The Morgan fingerprint density at radius 1 is 1.36 bits per heavy atom. The average molecular weight is 343 g/mol. The van der Waals surface area contributed by atoms with Gasteiger partial charge in [0.25, 0.3) is 11.6 Å². The smallest absolute Gasteiger partial charge is 0.294 e. The molecule has 8 heteroatoms. The summed E-state index contributed by atoms with van der Waals surface area (Å²) in [7, 11) is 0. The minimum atomic E-state index is -0.458. The van der Waals surface area contributed by atoms with E-state index in [-0.39, 0.29) is 11.6 Å². The molecule has 8 nitrogen and oxygen atoms in total. The second-order valence-corrected chi connectivity index (χ2v) is 6.23. The van der Waals surface area contributed by atoms with E-state index >= 15 is 0 Å². The van der Waals surface area contributed by atoms with Crippen LogP contribution in [0.2, 0.25) is 0 Å². The molecule has 1 unspecified atom stereocenters. The summed E-state index contributed by atoms with van der Waals surface area (Å²) < 4.78 is 1.38. The molecule has 1 aliphatic heterocycles. The van der Waals surface area contributed by atoms with Gasteiger partial charge in [0.2, 0.25) is 0 Å². The first-order chi connectivity index (χ1) is 12.1. The zero-order chi connectivity index (χ0) is 17.8. The lowest BCUT2D eigenvalue weighted by Gasteiger charge is -2.32. The molecule has 2 heterocycles. The van der Waals surface area contributed by atoms with Gasteiger partial charge in [-0.05, 0) is 43.9 Å². The molecule has 1 fully saturated rings. The Morgan fingerprint density at radius 2 is 2.16 bits per heavy atom. The number of benzene rings is 1. The van der Waals surface area contributed by atoms with Crippen molar-refractivity contribution in [3.05, 3.63) is 52.3 Å². The molecular formula is C17H21N5O3. The second kappa shape index (κ2) is 7.43. The molecule has 0 saturated carbocycles. The molecule has 132 valence electrons. The van der Waals surface area contributed by atoms with Gasteiger partial charge >= 0.3 is 0 Å². The van der Waals surface area contributed by atoms with E-state index in [1.54, 1.807) is 35.4 Å². The van der Waals surface area contributed by atoms with Crippen molar-refractivity contribution in [2.75, 3.05) is 19.6 Å². The Bertz CT molecular complexity index is 771. The van der Waals surface area contributed by atoms with Gasteiger partial charge in [0.15, 0.2) is 5.69 Å². The highest BCUT2D eigenvalue weighted by atomic mass is 16.6. The van der Waals surface area contributed by atoms with Gasteiger partial charge in [-0.2, -0.15) is 5.10 Å². The molecule has 1 aliphatic rings. The molecule has 0 aliphatic carbocycles. The van der Waals surface area contributed by atoms with Crippen molar-refractivity contribution in [2.24, 2.45) is 11.7 Å². The standard InChI is InChI=1S/C17H21N5O3/c18-9-7-13-4-3-10-20(12-13)17(23)14-8-11-21(19-14)15-5-1-2-6-16(15)22(24)25/h1-2,5-6,8,11,13H,3-4,7,9-10,12,18H2. The zero-order valence-corrected chi connectivity index (χ0v) is 13.9. The fourth-order valence-corrected chi connectivity index (χ4v) is 3.27. The maximum atomic E-state index is 12.7. The van der Waals surface area contributed by atoms with E-state index in [9.17, 15) is 14.9 Å². The highest BCUT2D eigenvalue weighted by Gasteiger charge is 2.26. The van der Waals surface area contributed by atoms with Crippen LogP contribution in [0.5, 0.6) is 0 Å². The fourth-order valence-electron chi connectivity index (χ4n) is 3.27. The van der Waals surface area contributed by atoms with Gasteiger partial charge in [-0.15, -0.1) is 0 Å². The summed E-state index contributed by atoms with van der Waals surface area (Å²) in [4.78, 5) is 25.2. The van der Waals surface area contributed by atoms with Gasteiger partial charge in [-0.1, -0.05) is 12.1 Å². The summed E-state index contributed by atoms with van der Waals surface area (Å²) in [6.45, 7) is 2.02. The number of hydrogen-bond donors (Lipinski definition) is 1. The number of nitro groups is 1. The van der Waals surface area contributed by atoms with Crippen LogP contribution in [-0.2, 0) is 0 Å². The first kappa shape index (κ1) is 17.1. The Labute approximate surface area is 145 Å². The normalized spacial score (nSPS) is 17.5. The summed E-state index contributed by atoms with van der Waals surface area (Å²) in [5, 5.41) is 15.4. The number of rotatable bonds is 5. The SMILES string of the molecule is NCCC1CCCN(C(=O)c2ccn(-c3ccccc3[N+](=O)[O-])n2)C1. The zero-order valence-electron chi connectivity index (χ0n) is 13.9. The molecule has 1 saturated heterocycles. The maximum absolute atomic E-state index is 12.7. The summed E-state index contributed by atoms with van der Waals surface area (Å²) >= 11 is 0. The maximum Gasteiger partial charge on any atom is 0.294 e. The Hall–Kier alpha value is -2.74. The summed E-state index contributed by atoms with van der Waals surface area (Å²) in [5.74, 6) is 0.291. The summed E-state index contributed by atoms with van der Waals surface area (Å²) in [6.07, 6.45) is 4.54. The highest BCUT2D eigenvalue weighted by molar-refractivity contribution is 5.92.